The van der Waals surface area contributed by atoms with E-state index in [1.165, 1.54) is 16.7 Å². The molecule has 1 N–H and O–H groups in total. The van der Waals surface area contributed by atoms with Crippen LogP contribution in [0.5, 0.6) is 11.5 Å². The predicted molar refractivity (Wildman–Crippen MR) is 128 cm³/mol. The normalized spacial score (nSPS) is 28.5. The van der Waals surface area contributed by atoms with Gasteiger partial charge >= 0.3 is 5.97 Å². The van der Waals surface area contributed by atoms with Gasteiger partial charge in [0.05, 0.1) is 19.4 Å². The molecule has 3 heterocycles. The fourth-order valence-electron chi connectivity index (χ4n) is 6.96. The number of aromatic nitrogens is 1. The third kappa shape index (κ3) is 2.86. The highest BCUT2D eigenvalue weighted by Gasteiger charge is 2.65. The predicted octanol–water partition coefficient (Wildman–Crippen LogP) is 4.37. The lowest BCUT2D eigenvalue weighted by atomic mass is 9.51. The van der Waals surface area contributed by atoms with Crippen LogP contribution in [0.2, 0.25) is 0 Å². The average molecular weight is 473 g/mol. The number of carbonyl (C=O) groups excluding carboxylic acids is 1. The fourth-order valence-corrected chi connectivity index (χ4v) is 6.96. The van der Waals surface area contributed by atoms with Gasteiger partial charge in [-0.3, -0.25) is 0 Å². The minimum absolute atomic E-state index is 0. The monoisotopic (exact) mass is 472 g/mol. The molecule has 1 saturated heterocycles. The van der Waals surface area contributed by atoms with Crippen molar-refractivity contribution in [1.82, 2.24) is 9.88 Å². The van der Waals surface area contributed by atoms with E-state index in [-0.39, 0.29) is 29.9 Å². The van der Waals surface area contributed by atoms with Crippen LogP contribution in [0.3, 0.4) is 0 Å². The number of benzene rings is 1. The molecule has 2 aliphatic carbocycles. The summed E-state index contributed by atoms with van der Waals surface area (Å²) in [4.78, 5) is 18.9. The maximum atomic E-state index is 12.9. The second-order valence-corrected chi connectivity index (χ2v) is 10.5. The molecule has 2 aliphatic heterocycles. The third-order valence-corrected chi connectivity index (χ3v) is 8.45. The van der Waals surface area contributed by atoms with Crippen LogP contribution >= 0.6 is 12.4 Å². The Balaban J connectivity index is 0.00000228. The van der Waals surface area contributed by atoms with Gasteiger partial charge in [0.15, 0.2) is 11.5 Å². The smallest absolute Gasteiger partial charge is 0.355 e. The zero-order chi connectivity index (χ0) is 22.4. The van der Waals surface area contributed by atoms with Gasteiger partial charge in [-0.2, -0.15) is 0 Å². The SMILES string of the molecule is COc1ccc2c3c1OC1c4[nH]c(C(=O)OCC(C)C)c(C)c4CC4C(C2)N(C)CCC314.Cl. The Hall–Kier alpha value is -2.18. The number of halogens is 1. The Morgan fingerprint density at radius 2 is 2.12 bits per heavy atom. The first-order valence-electron chi connectivity index (χ1n) is 11.8. The van der Waals surface area contributed by atoms with E-state index in [0.29, 0.717) is 30.2 Å². The Labute approximate surface area is 201 Å². The molecule has 0 radical (unpaired) electrons. The molecule has 1 aromatic carbocycles. The second-order valence-electron chi connectivity index (χ2n) is 10.5. The number of rotatable bonds is 4. The second kappa shape index (κ2) is 7.67. The molecule has 2 bridgehead atoms. The molecule has 33 heavy (non-hydrogen) atoms. The summed E-state index contributed by atoms with van der Waals surface area (Å²) in [5.74, 6) is 2.21. The summed E-state index contributed by atoms with van der Waals surface area (Å²) in [5, 5.41) is 0. The number of hydrogen-bond donors (Lipinski definition) is 1. The van der Waals surface area contributed by atoms with Crippen molar-refractivity contribution in [3.63, 3.8) is 0 Å². The van der Waals surface area contributed by atoms with Crippen molar-refractivity contribution in [3.05, 3.63) is 45.8 Å². The van der Waals surface area contributed by atoms with Crippen molar-refractivity contribution in [3.8, 4) is 11.5 Å². The van der Waals surface area contributed by atoms with Gasteiger partial charge in [-0.25, -0.2) is 4.79 Å². The number of fused-ring (bicyclic) bond motifs is 2. The summed E-state index contributed by atoms with van der Waals surface area (Å²) in [6.45, 7) is 7.63. The van der Waals surface area contributed by atoms with E-state index in [1.54, 1.807) is 7.11 Å². The number of H-pyrrole nitrogens is 1. The Bertz CT molecular complexity index is 1130. The number of nitrogens with zero attached hydrogens (tertiary/aromatic N) is 1. The van der Waals surface area contributed by atoms with Gasteiger partial charge in [0, 0.05) is 17.0 Å². The molecule has 7 heteroatoms. The number of likely N-dealkylation sites (tertiary alicyclic amines) is 1. The number of carbonyl (C=O) groups is 1. The Morgan fingerprint density at radius 3 is 2.85 bits per heavy atom. The highest BCUT2D eigenvalue weighted by molar-refractivity contribution is 5.90. The minimum Gasteiger partial charge on any atom is -0.493 e. The molecular weight excluding hydrogens is 440 g/mol. The average Bonchev–Trinajstić information content (AvgIpc) is 3.29. The molecule has 178 valence electrons. The number of methoxy groups -OCH3 is 1. The Kier molecular flexibility index (Phi) is 5.25. The van der Waals surface area contributed by atoms with Crippen molar-refractivity contribution in [2.75, 3.05) is 27.3 Å². The van der Waals surface area contributed by atoms with Gasteiger partial charge in [0.1, 0.15) is 11.8 Å². The fraction of sp³-hybridized carbons (Fsp3) is 0.577. The summed E-state index contributed by atoms with van der Waals surface area (Å²) in [5.41, 5.74) is 6.57. The van der Waals surface area contributed by atoms with E-state index in [2.05, 4.69) is 43.8 Å². The van der Waals surface area contributed by atoms with Crippen LogP contribution in [-0.2, 0) is 23.0 Å². The van der Waals surface area contributed by atoms with Crippen molar-refractivity contribution in [2.24, 2.45) is 11.8 Å². The molecule has 1 spiro atoms. The van der Waals surface area contributed by atoms with E-state index in [0.717, 1.165) is 48.6 Å². The molecular formula is C26H33ClN2O4. The third-order valence-electron chi connectivity index (χ3n) is 8.45. The van der Waals surface area contributed by atoms with Gasteiger partial charge in [-0.1, -0.05) is 19.9 Å². The minimum atomic E-state index is -0.264. The number of hydrogen-bond acceptors (Lipinski definition) is 5. The highest BCUT2D eigenvalue weighted by atomic mass is 35.5. The summed E-state index contributed by atoms with van der Waals surface area (Å²) < 4.78 is 18.1. The van der Waals surface area contributed by atoms with E-state index >= 15 is 0 Å². The van der Waals surface area contributed by atoms with Gasteiger partial charge < -0.3 is 24.1 Å². The van der Waals surface area contributed by atoms with E-state index < -0.39 is 0 Å². The van der Waals surface area contributed by atoms with E-state index in [4.69, 9.17) is 14.2 Å². The number of piperidine rings is 1. The highest BCUT2D eigenvalue weighted by Crippen LogP contribution is 2.67. The standard InChI is InChI=1S/C26H32N2O4.ClH/c1-13(2)12-31-25(29)21-14(3)16-11-17-18-10-15-6-7-19(30-5)23-20(15)26(17,8-9-28(18)4)24(32-23)22(16)27-21;/h6-7,13,17-18,24,27H,8-12H2,1-5H3;1H. The maximum Gasteiger partial charge on any atom is 0.355 e. The molecule has 4 unspecified atom stereocenters. The molecule has 6 nitrogen and oxygen atoms in total. The maximum absolute atomic E-state index is 12.9. The lowest BCUT2D eigenvalue weighted by Crippen LogP contribution is -2.62. The van der Waals surface area contributed by atoms with Crippen molar-refractivity contribution < 1.29 is 19.0 Å². The quantitative estimate of drug-likeness (QED) is 0.669. The van der Waals surface area contributed by atoms with E-state index in [9.17, 15) is 4.79 Å². The van der Waals surface area contributed by atoms with Crippen LogP contribution in [0.25, 0.3) is 0 Å². The van der Waals surface area contributed by atoms with Crippen molar-refractivity contribution in [2.45, 2.75) is 57.6 Å². The molecule has 1 aromatic heterocycles. The van der Waals surface area contributed by atoms with Crippen molar-refractivity contribution >= 4 is 18.4 Å². The largest absolute Gasteiger partial charge is 0.493 e. The zero-order valence-corrected chi connectivity index (χ0v) is 20.8. The lowest BCUT2D eigenvalue weighted by molar-refractivity contribution is -0.0256. The van der Waals surface area contributed by atoms with Gasteiger partial charge in [0.2, 0.25) is 0 Å². The van der Waals surface area contributed by atoms with Crippen LogP contribution in [-0.4, -0.2) is 49.2 Å². The number of likely N-dealkylation sites (N-methyl/N-ethyl adjacent to an activating group) is 1. The summed E-state index contributed by atoms with van der Waals surface area (Å²) >= 11 is 0. The summed E-state index contributed by atoms with van der Waals surface area (Å²) in [7, 11) is 3.97. The van der Waals surface area contributed by atoms with Crippen LogP contribution < -0.4 is 9.47 Å². The van der Waals surface area contributed by atoms with Crippen LogP contribution in [0, 0.1) is 18.8 Å². The number of esters is 1. The first-order valence-corrected chi connectivity index (χ1v) is 11.8. The van der Waals surface area contributed by atoms with E-state index in [1.807, 2.05) is 6.07 Å². The first kappa shape index (κ1) is 22.6. The first-order chi connectivity index (χ1) is 15.4. The molecule has 4 atom stereocenters. The topological polar surface area (TPSA) is 63.8 Å². The Morgan fingerprint density at radius 1 is 1.33 bits per heavy atom. The molecule has 4 aliphatic rings. The lowest BCUT2D eigenvalue weighted by Gasteiger charge is -2.57. The van der Waals surface area contributed by atoms with Crippen molar-refractivity contribution in [1.29, 1.82) is 0 Å². The number of aromatic amines is 1. The molecule has 1 fully saturated rings. The van der Waals surface area contributed by atoms with Crippen LogP contribution in [0.4, 0.5) is 0 Å². The van der Waals surface area contributed by atoms with Crippen LogP contribution in [0.1, 0.15) is 64.8 Å². The summed E-state index contributed by atoms with van der Waals surface area (Å²) in [6.07, 6.45) is 2.92. The van der Waals surface area contributed by atoms with Gasteiger partial charge in [-0.15, -0.1) is 12.4 Å². The number of ether oxygens (including phenoxy) is 3. The van der Waals surface area contributed by atoms with Crippen LogP contribution in [0.15, 0.2) is 12.1 Å². The molecule has 6 rings (SSSR count). The molecule has 2 aromatic rings. The molecule has 0 amide bonds. The number of nitrogens with one attached hydrogen (secondary N) is 1. The zero-order valence-electron chi connectivity index (χ0n) is 20.0. The molecule has 0 saturated carbocycles. The van der Waals surface area contributed by atoms with Gasteiger partial charge in [-0.05, 0) is 74.4 Å². The summed E-state index contributed by atoms with van der Waals surface area (Å²) in [6, 6.07) is 4.76. The van der Waals surface area contributed by atoms with Gasteiger partial charge in [0.25, 0.3) is 0 Å².